The largest absolute Gasteiger partial charge is 0.376 e. The summed E-state index contributed by atoms with van der Waals surface area (Å²) >= 11 is 0. The molecule has 0 bridgehead atoms. The minimum Gasteiger partial charge on any atom is -0.376 e. The smallest absolute Gasteiger partial charge is 0.270 e. The summed E-state index contributed by atoms with van der Waals surface area (Å²) in [6.45, 7) is 11.5. The van der Waals surface area contributed by atoms with Gasteiger partial charge < -0.3 is 4.74 Å². The summed E-state index contributed by atoms with van der Waals surface area (Å²) in [5.41, 5.74) is -0.567. The van der Waals surface area contributed by atoms with Crippen molar-refractivity contribution in [1.82, 2.24) is 0 Å². The molecule has 90 valence electrons. The van der Waals surface area contributed by atoms with Crippen molar-refractivity contribution >= 4 is 0 Å². The van der Waals surface area contributed by atoms with E-state index in [9.17, 15) is 8.78 Å². The summed E-state index contributed by atoms with van der Waals surface area (Å²) < 4.78 is 30.7. The topological polar surface area (TPSA) is 9.23 Å². The maximum atomic E-state index is 12.6. The normalized spacial score (nSPS) is 12.8. The predicted octanol–water partition coefficient (Wildman–Crippen LogP) is 4.39. The maximum absolute atomic E-state index is 12.6. The molecule has 0 heterocycles. The average molecular weight is 220 g/mol. The van der Waals surface area contributed by atoms with Gasteiger partial charge in [0.1, 0.15) is 0 Å². The molecular formula is C12H22F2O. The monoisotopic (exact) mass is 220 g/mol. The van der Waals surface area contributed by atoms with E-state index < -0.39 is 11.5 Å². The lowest BCUT2D eigenvalue weighted by molar-refractivity contribution is -0.00273. The lowest BCUT2D eigenvalue weighted by Gasteiger charge is -2.24. The Bertz CT molecular complexity index is 227. The molecule has 0 aliphatic rings. The third-order valence-electron chi connectivity index (χ3n) is 2.02. The minimum atomic E-state index is -1.57. The van der Waals surface area contributed by atoms with E-state index >= 15 is 0 Å². The molecule has 0 saturated carbocycles. The van der Waals surface area contributed by atoms with Crippen LogP contribution in [-0.2, 0) is 4.74 Å². The van der Waals surface area contributed by atoms with Gasteiger partial charge in [-0.15, -0.1) is 0 Å². The highest BCUT2D eigenvalue weighted by Gasteiger charge is 2.22. The fourth-order valence-corrected chi connectivity index (χ4v) is 1.21. The van der Waals surface area contributed by atoms with Crippen molar-refractivity contribution in [2.45, 2.75) is 53.6 Å². The van der Waals surface area contributed by atoms with E-state index in [0.717, 1.165) is 0 Å². The fraction of sp³-hybridized carbons (Fsp3) is 0.833. The summed E-state index contributed by atoms with van der Waals surface area (Å²) in [7, 11) is 0. The summed E-state index contributed by atoms with van der Waals surface area (Å²) in [6, 6.07) is 0. The minimum absolute atomic E-state index is 0.187. The van der Waals surface area contributed by atoms with Crippen LogP contribution in [0.4, 0.5) is 8.78 Å². The molecule has 0 radical (unpaired) electrons. The molecule has 0 amide bonds. The standard InChI is InChI=1S/C12H22F2O/c1-11(2,3)9(10(13)14)7-8-15-12(4,5)6/h7-8H2,1-6H3. The van der Waals surface area contributed by atoms with Crippen LogP contribution in [0, 0.1) is 5.41 Å². The average Bonchev–Trinajstić information content (AvgIpc) is 1.92. The van der Waals surface area contributed by atoms with Gasteiger partial charge in [0.2, 0.25) is 0 Å². The van der Waals surface area contributed by atoms with Crippen molar-refractivity contribution in [3.8, 4) is 0 Å². The Hall–Kier alpha value is -0.440. The van der Waals surface area contributed by atoms with E-state index in [4.69, 9.17) is 4.74 Å². The molecule has 0 fully saturated rings. The van der Waals surface area contributed by atoms with Crippen molar-refractivity contribution in [2.24, 2.45) is 5.41 Å². The van der Waals surface area contributed by atoms with Gasteiger partial charge in [-0.2, -0.15) is 8.78 Å². The summed E-state index contributed by atoms with van der Waals surface area (Å²) in [4.78, 5) is 0. The van der Waals surface area contributed by atoms with Crippen LogP contribution in [0.3, 0.4) is 0 Å². The Morgan fingerprint density at radius 1 is 1.00 bits per heavy atom. The molecule has 0 aromatic carbocycles. The van der Waals surface area contributed by atoms with E-state index in [1.807, 2.05) is 20.8 Å². The van der Waals surface area contributed by atoms with Gasteiger partial charge >= 0.3 is 0 Å². The van der Waals surface area contributed by atoms with Crippen molar-refractivity contribution in [3.05, 3.63) is 11.7 Å². The van der Waals surface area contributed by atoms with Crippen LogP contribution in [-0.4, -0.2) is 12.2 Å². The lowest BCUT2D eigenvalue weighted by atomic mass is 9.85. The zero-order valence-electron chi connectivity index (χ0n) is 10.6. The molecule has 0 aliphatic heterocycles. The van der Waals surface area contributed by atoms with Crippen LogP contribution >= 0.6 is 0 Å². The Morgan fingerprint density at radius 2 is 1.47 bits per heavy atom. The van der Waals surface area contributed by atoms with Crippen molar-refractivity contribution in [1.29, 1.82) is 0 Å². The van der Waals surface area contributed by atoms with Crippen molar-refractivity contribution < 1.29 is 13.5 Å². The second-order valence-electron chi connectivity index (χ2n) is 5.70. The third-order valence-corrected chi connectivity index (χ3v) is 2.02. The zero-order chi connectivity index (χ0) is 12.3. The molecule has 3 heteroatoms. The predicted molar refractivity (Wildman–Crippen MR) is 59.0 cm³/mol. The number of rotatable bonds is 3. The molecular weight excluding hydrogens is 198 g/mol. The molecule has 0 saturated heterocycles. The van der Waals surface area contributed by atoms with Gasteiger partial charge in [-0.05, 0) is 32.6 Å². The quantitative estimate of drug-likeness (QED) is 0.685. The molecule has 0 aromatic heterocycles. The fourth-order valence-electron chi connectivity index (χ4n) is 1.21. The second kappa shape index (κ2) is 5.06. The van der Waals surface area contributed by atoms with Gasteiger partial charge in [0.05, 0.1) is 12.2 Å². The molecule has 0 aromatic rings. The number of halogens is 2. The molecule has 0 spiro atoms. The summed E-state index contributed by atoms with van der Waals surface area (Å²) in [5.74, 6) is 0. The SMILES string of the molecule is CC(C)(C)OCCC(=C(F)F)C(C)(C)C. The molecule has 15 heavy (non-hydrogen) atoms. The summed E-state index contributed by atoms with van der Waals surface area (Å²) in [6.07, 6.45) is -1.27. The Kier molecular flexibility index (Phi) is 4.91. The van der Waals surface area contributed by atoms with Gasteiger partial charge in [-0.25, -0.2) is 0 Å². The highest BCUT2D eigenvalue weighted by Crippen LogP contribution is 2.32. The van der Waals surface area contributed by atoms with Crippen LogP contribution in [0.1, 0.15) is 48.0 Å². The van der Waals surface area contributed by atoms with Gasteiger partial charge in [0, 0.05) is 5.57 Å². The Labute approximate surface area is 91.5 Å². The number of hydrogen-bond donors (Lipinski definition) is 0. The highest BCUT2D eigenvalue weighted by molar-refractivity contribution is 5.11. The molecule has 1 nitrogen and oxygen atoms in total. The van der Waals surface area contributed by atoms with E-state index in [1.54, 1.807) is 20.8 Å². The van der Waals surface area contributed by atoms with Crippen LogP contribution in [0.5, 0.6) is 0 Å². The Morgan fingerprint density at radius 3 is 1.73 bits per heavy atom. The van der Waals surface area contributed by atoms with Crippen LogP contribution in [0.15, 0.2) is 11.7 Å². The number of hydrogen-bond acceptors (Lipinski definition) is 1. The first-order valence-electron chi connectivity index (χ1n) is 5.22. The maximum Gasteiger partial charge on any atom is 0.270 e. The lowest BCUT2D eigenvalue weighted by Crippen LogP contribution is -2.21. The van der Waals surface area contributed by atoms with E-state index in [1.165, 1.54) is 0 Å². The second-order valence-corrected chi connectivity index (χ2v) is 5.70. The molecule has 0 N–H and O–H groups in total. The third kappa shape index (κ3) is 6.61. The first-order valence-corrected chi connectivity index (χ1v) is 5.22. The van der Waals surface area contributed by atoms with E-state index in [2.05, 4.69) is 0 Å². The van der Waals surface area contributed by atoms with Gasteiger partial charge in [0.25, 0.3) is 6.08 Å². The van der Waals surface area contributed by atoms with Crippen LogP contribution in [0.2, 0.25) is 0 Å². The van der Waals surface area contributed by atoms with Gasteiger partial charge in [0.15, 0.2) is 0 Å². The molecule has 0 atom stereocenters. The molecule has 0 aliphatic carbocycles. The Balaban J connectivity index is 4.32. The van der Waals surface area contributed by atoms with E-state index in [-0.39, 0.29) is 11.2 Å². The van der Waals surface area contributed by atoms with E-state index in [0.29, 0.717) is 13.0 Å². The van der Waals surface area contributed by atoms with Gasteiger partial charge in [-0.1, -0.05) is 20.8 Å². The number of ether oxygens (including phenoxy) is 1. The first-order chi connectivity index (χ1) is 6.54. The molecule has 0 rings (SSSR count). The van der Waals surface area contributed by atoms with Crippen molar-refractivity contribution in [3.63, 3.8) is 0 Å². The van der Waals surface area contributed by atoms with Crippen molar-refractivity contribution in [2.75, 3.05) is 6.61 Å². The molecule has 0 unspecified atom stereocenters. The first kappa shape index (κ1) is 14.6. The zero-order valence-corrected chi connectivity index (χ0v) is 10.6. The highest BCUT2D eigenvalue weighted by atomic mass is 19.3. The van der Waals surface area contributed by atoms with Crippen LogP contribution in [0.25, 0.3) is 0 Å². The van der Waals surface area contributed by atoms with Crippen LogP contribution < -0.4 is 0 Å². The van der Waals surface area contributed by atoms with Gasteiger partial charge in [-0.3, -0.25) is 0 Å². The summed E-state index contributed by atoms with van der Waals surface area (Å²) in [5, 5.41) is 0.